The summed E-state index contributed by atoms with van der Waals surface area (Å²) >= 11 is 0. The van der Waals surface area contributed by atoms with Crippen LogP contribution in [-0.4, -0.2) is 7.11 Å². The Morgan fingerprint density at radius 1 is 1.16 bits per heavy atom. The number of ether oxygens (including phenoxy) is 1. The number of methoxy groups -OCH3 is 1. The number of nitrogens with one attached hydrogen (secondary N) is 1. The molecule has 0 bridgehead atoms. The summed E-state index contributed by atoms with van der Waals surface area (Å²) in [7, 11) is 1.61. The number of benzene rings is 2. The van der Waals surface area contributed by atoms with Crippen LogP contribution in [0.2, 0.25) is 0 Å². The van der Waals surface area contributed by atoms with Crippen molar-refractivity contribution >= 4 is 0 Å². The third-order valence-corrected chi connectivity index (χ3v) is 3.10. The SMILES string of the molecule is COc1ccccc1C(Cc1ccccc1F)NN. The van der Waals surface area contributed by atoms with Crippen LogP contribution in [0.3, 0.4) is 0 Å². The predicted octanol–water partition coefficient (Wildman–Crippen LogP) is 2.58. The Kier molecular flexibility index (Phi) is 4.49. The highest BCUT2D eigenvalue weighted by atomic mass is 19.1. The Hall–Kier alpha value is -1.91. The molecule has 0 amide bonds. The standard InChI is InChI=1S/C15H17FN2O/c1-19-15-9-5-3-7-12(15)14(18-17)10-11-6-2-4-8-13(11)16/h2-9,14,18H,10,17H2,1H3. The van der Waals surface area contributed by atoms with Crippen LogP contribution >= 0.6 is 0 Å². The summed E-state index contributed by atoms with van der Waals surface area (Å²) in [5.74, 6) is 6.11. The first-order valence-electron chi connectivity index (χ1n) is 6.08. The topological polar surface area (TPSA) is 47.3 Å². The highest BCUT2D eigenvalue weighted by Crippen LogP contribution is 2.27. The van der Waals surface area contributed by atoms with Crippen molar-refractivity contribution in [2.75, 3.05) is 7.11 Å². The van der Waals surface area contributed by atoms with E-state index in [0.29, 0.717) is 12.0 Å². The fourth-order valence-corrected chi connectivity index (χ4v) is 2.10. The minimum absolute atomic E-state index is 0.201. The molecule has 0 fully saturated rings. The van der Waals surface area contributed by atoms with Gasteiger partial charge in [-0.1, -0.05) is 36.4 Å². The zero-order chi connectivity index (χ0) is 13.7. The molecule has 4 heteroatoms. The Bertz CT molecular complexity index is 545. The highest BCUT2D eigenvalue weighted by molar-refractivity contribution is 5.37. The van der Waals surface area contributed by atoms with E-state index in [1.54, 1.807) is 19.2 Å². The van der Waals surface area contributed by atoms with Gasteiger partial charge in [0.2, 0.25) is 0 Å². The molecule has 0 heterocycles. The maximum absolute atomic E-state index is 13.7. The van der Waals surface area contributed by atoms with Gasteiger partial charge in [0, 0.05) is 5.56 Å². The second-order valence-corrected chi connectivity index (χ2v) is 4.26. The molecule has 0 aliphatic carbocycles. The normalized spacial score (nSPS) is 12.2. The van der Waals surface area contributed by atoms with Crippen molar-refractivity contribution in [3.8, 4) is 5.75 Å². The molecule has 0 saturated heterocycles. The van der Waals surface area contributed by atoms with Crippen LogP contribution in [0.25, 0.3) is 0 Å². The lowest BCUT2D eigenvalue weighted by molar-refractivity contribution is 0.398. The first-order chi connectivity index (χ1) is 9.26. The molecule has 0 saturated carbocycles. The molecule has 19 heavy (non-hydrogen) atoms. The van der Waals surface area contributed by atoms with Crippen molar-refractivity contribution in [1.82, 2.24) is 5.43 Å². The van der Waals surface area contributed by atoms with Gasteiger partial charge >= 0.3 is 0 Å². The molecule has 2 aromatic rings. The van der Waals surface area contributed by atoms with Crippen molar-refractivity contribution in [1.29, 1.82) is 0 Å². The van der Waals surface area contributed by atoms with Gasteiger partial charge in [-0.15, -0.1) is 0 Å². The quantitative estimate of drug-likeness (QED) is 0.641. The van der Waals surface area contributed by atoms with E-state index in [9.17, 15) is 4.39 Å². The Morgan fingerprint density at radius 2 is 1.84 bits per heavy atom. The summed E-state index contributed by atoms with van der Waals surface area (Å²) in [6.07, 6.45) is 0.462. The molecule has 0 radical (unpaired) electrons. The minimum atomic E-state index is -0.224. The number of hydrogen-bond acceptors (Lipinski definition) is 3. The van der Waals surface area contributed by atoms with Crippen molar-refractivity contribution < 1.29 is 9.13 Å². The third kappa shape index (κ3) is 3.10. The molecule has 3 nitrogen and oxygen atoms in total. The van der Waals surface area contributed by atoms with Gasteiger partial charge in [-0.2, -0.15) is 0 Å². The van der Waals surface area contributed by atoms with Crippen LogP contribution in [-0.2, 0) is 6.42 Å². The van der Waals surface area contributed by atoms with Gasteiger partial charge in [-0.05, 0) is 24.1 Å². The van der Waals surface area contributed by atoms with E-state index in [0.717, 1.165) is 11.3 Å². The zero-order valence-electron chi connectivity index (χ0n) is 10.8. The number of hydrogen-bond donors (Lipinski definition) is 2. The van der Waals surface area contributed by atoms with Crippen LogP contribution in [0.5, 0.6) is 5.75 Å². The van der Waals surface area contributed by atoms with Crippen LogP contribution in [0.15, 0.2) is 48.5 Å². The van der Waals surface area contributed by atoms with E-state index < -0.39 is 0 Å². The van der Waals surface area contributed by atoms with Gasteiger partial charge in [0.25, 0.3) is 0 Å². The van der Waals surface area contributed by atoms with Gasteiger partial charge in [-0.3, -0.25) is 11.3 Å². The predicted molar refractivity (Wildman–Crippen MR) is 73.2 cm³/mol. The average Bonchev–Trinajstić information content (AvgIpc) is 2.46. The molecule has 3 N–H and O–H groups in total. The summed E-state index contributed by atoms with van der Waals surface area (Å²) in [4.78, 5) is 0. The Labute approximate surface area is 112 Å². The first kappa shape index (κ1) is 13.5. The minimum Gasteiger partial charge on any atom is -0.496 e. The van der Waals surface area contributed by atoms with Crippen LogP contribution in [0.4, 0.5) is 4.39 Å². The van der Waals surface area contributed by atoms with Crippen LogP contribution in [0.1, 0.15) is 17.2 Å². The molecule has 0 aliphatic heterocycles. The number of para-hydroxylation sites is 1. The van der Waals surface area contributed by atoms with E-state index in [2.05, 4.69) is 5.43 Å². The molecule has 1 unspecified atom stereocenters. The fraction of sp³-hybridized carbons (Fsp3) is 0.200. The maximum atomic E-state index is 13.7. The molecule has 0 spiro atoms. The molecular weight excluding hydrogens is 243 g/mol. The van der Waals surface area contributed by atoms with Crippen molar-refractivity contribution in [3.63, 3.8) is 0 Å². The van der Waals surface area contributed by atoms with Crippen LogP contribution in [0, 0.1) is 5.82 Å². The van der Waals surface area contributed by atoms with Crippen molar-refractivity contribution in [3.05, 3.63) is 65.5 Å². The van der Waals surface area contributed by atoms with E-state index >= 15 is 0 Å². The molecular formula is C15H17FN2O. The maximum Gasteiger partial charge on any atom is 0.126 e. The van der Waals surface area contributed by atoms with E-state index in [1.807, 2.05) is 30.3 Å². The largest absolute Gasteiger partial charge is 0.496 e. The summed E-state index contributed by atoms with van der Waals surface area (Å²) in [5.41, 5.74) is 4.26. The molecule has 2 rings (SSSR count). The van der Waals surface area contributed by atoms with Gasteiger partial charge in [0.15, 0.2) is 0 Å². The lowest BCUT2D eigenvalue weighted by Gasteiger charge is -2.19. The summed E-state index contributed by atoms with van der Waals surface area (Å²) in [6, 6.07) is 14.1. The third-order valence-electron chi connectivity index (χ3n) is 3.10. The Balaban J connectivity index is 2.28. The van der Waals surface area contributed by atoms with Crippen molar-refractivity contribution in [2.45, 2.75) is 12.5 Å². The molecule has 2 aromatic carbocycles. The summed E-state index contributed by atoms with van der Waals surface area (Å²) < 4.78 is 19.0. The first-order valence-corrected chi connectivity index (χ1v) is 6.08. The number of halogens is 1. The Morgan fingerprint density at radius 3 is 2.53 bits per heavy atom. The second kappa shape index (κ2) is 6.31. The molecule has 100 valence electrons. The lowest BCUT2D eigenvalue weighted by atomic mass is 9.98. The van der Waals surface area contributed by atoms with Gasteiger partial charge < -0.3 is 4.74 Å². The second-order valence-electron chi connectivity index (χ2n) is 4.26. The monoisotopic (exact) mass is 260 g/mol. The van der Waals surface area contributed by atoms with E-state index in [1.165, 1.54) is 6.07 Å². The van der Waals surface area contributed by atoms with Gasteiger partial charge in [0.1, 0.15) is 11.6 Å². The molecule has 0 aromatic heterocycles. The number of hydrazine groups is 1. The van der Waals surface area contributed by atoms with Crippen molar-refractivity contribution in [2.24, 2.45) is 5.84 Å². The van der Waals surface area contributed by atoms with E-state index in [-0.39, 0.29) is 11.9 Å². The molecule has 1 atom stereocenters. The van der Waals surface area contributed by atoms with Crippen LogP contribution < -0.4 is 16.0 Å². The van der Waals surface area contributed by atoms with Gasteiger partial charge in [0.05, 0.1) is 13.2 Å². The number of nitrogens with two attached hydrogens (primary N) is 1. The fourth-order valence-electron chi connectivity index (χ4n) is 2.10. The summed E-state index contributed by atoms with van der Waals surface area (Å²) in [6.45, 7) is 0. The molecule has 0 aliphatic rings. The lowest BCUT2D eigenvalue weighted by Crippen LogP contribution is -2.30. The highest BCUT2D eigenvalue weighted by Gasteiger charge is 2.16. The van der Waals surface area contributed by atoms with E-state index in [4.69, 9.17) is 10.6 Å². The zero-order valence-corrected chi connectivity index (χ0v) is 10.8. The average molecular weight is 260 g/mol. The smallest absolute Gasteiger partial charge is 0.126 e. The van der Waals surface area contributed by atoms with Gasteiger partial charge in [-0.25, -0.2) is 4.39 Å². The summed E-state index contributed by atoms with van der Waals surface area (Å²) in [5, 5.41) is 0. The number of rotatable bonds is 5.